The van der Waals surface area contributed by atoms with Crippen molar-refractivity contribution in [2.45, 2.75) is 31.8 Å². The van der Waals surface area contributed by atoms with E-state index in [0.717, 1.165) is 34.8 Å². The van der Waals surface area contributed by atoms with Gasteiger partial charge in [0.05, 0.1) is 35.1 Å². The fourth-order valence-electron chi connectivity index (χ4n) is 3.72. The summed E-state index contributed by atoms with van der Waals surface area (Å²) in [6, 6.07) is 15.8. The lowest BCUT2D eigenvalue weighted by molar-refractivity contribution is 0.230. The normalized spacial score (nSPS) is 14.0. The fraction of sp³-hybridized carbons (Fsp3) is 0.318. The third kappa shape index (κ3) is 3.27. The summed E-state index contributed by atoms with van der Waals surface area (Å²) in [5, 5.41) is 9.86. The highest BCUT2D eigenvalue weighted by Gasteiger charge is 2.29. The first kappa shape index (κ1) is 17.9. The van der Waals surface area contributed by atoms with E-state index in [9.17, 15) is 4.79 Å². The zero-order valence-electron chi connectivity index (χ0n) is 16.0. The van der Waals surface area contributed by atoms with Crippen LogP contribution in [0.1, 0.15) is 31.1 Å². The zero-order valence-corrected chi connectivity index (χ0v) is 16.0. The molecule has 0 atom stereocenters. The SMILES string of the molecule is O=c1n(Cc2nc(OCCCO)c3ccccc3n2)c2ccccc2n1C1CC1. The molecule has 0 amide bonds. The molecule has 7 heteroatoms. The lowest BCUT2D eigenvalue weighted by Crippen LogP contribution is -2.25. The summed E-state index contributed by atoms with van der Waals surface area (Å²) in [7, 11) is 0. The second-order valence-corrected chi connectivity index (χ2v) is 7.35. The van der Waals surface area contributed by atoms with Gasteiger partial charge in [0.1, 0.15) is 0 Å². The summed E-state index contributed by atoms with van der Waals surface area (Å²) in [6.45, 7) is 0.712. The standard InChI is InChI=1S/C22H22N4O3/c27-12-5-13-29-21-16-6-1-2-7-17(16)23-20(24-21)14-25-18-8-3-4-9-19(18)26(22(25)28)15-10-11-15/h1-4,6-9,15,27H,5,10-14H2. The Labute approximate surface area is 167 Å². The number of hydrogen-bond donors (Lipinski definition) is 1. The van der Waals surface area contributed by atoms with Crippen LogP contribution in [0.15, 0.2) is 53.3 Å². The summed E-state index contributed by atoms with van der Waals surface area (Å²) in [4.78, 5) is 22.4. The summed E-state index contributed by atoms with van der Waals surface area (Å²) >= 11 is 0. The van der Waals surface area contributed by atoms with Crippen molar-refractivity contribution in [2.75, 3.05) is 13.2 Å². The Morgan fingerprint density at radius 2 is 1.79 bits per heavy atom. The van der Waals surface area contributed by atoms with Crippen molar-refractivity contribution in [3.05, 3.63) is 64.8 Å². The number of imidazole rings is 1. The molecule has 0 aliphatic heterocycles. The number of nitrogens with zero attached hydrogens (tertiary/aromatic N) is 4. The van der Waals surface area contributed by atoms with Gasteiger partial charge in [0.2, 0.25) is 5.88 Å². The predicted octanol–water partition coefficient (Wildman–Crippen LogP) is 2.89. The number of para-hydroxylation sites is 3. The summed E-state index contributed by atoms with van der Waals surface area (Å²) in [5.74, 6) is 1.02. The Balaban J connectivity index is 1.59. The van der Waals surface area contributed by atoms with E-state index < -0.39 is 0 Å². The van der Waals surface area contributed by atoms with Gasteiger partial charge >= 0.3 is 5.69 Å². The molecular weight excluding hydrogens is 368 g/mol. The molecule has 5 rings (SSSR count). The summed E-state index contributed by atoms with van der Waals surface area (Å²) in [6.07, 6.45) is 2.62. The molecule has 2 aromatic heterocycles. The zero-order chi connectivity index (χ0) is 19.8. The average Bonchev–Trinajstić information content (AvgIpc) is 3.54. The largest absolute Gasteiger partial charge is 0.477 e. The second-order valence-electron chi connectivity index (χ2n) is 7.35. The van der Waals surface area contributed by atoms with Crippen molar-refractivity contribution in [3.8, 4) is 5.88 Å². The first-order valence-electron chi connectivity index (χ1n) is 9.95. The van der Waals surface area contributed by atoms with Crippen molar-refractivity contribution in [1.29, 1.82) is 0 Å². The molecule has 4 aromatic rings. The van der Waals surface area contributed by atoms with Gasteiger partial charge in [-0.2, -0.15) is 4.98 Å². The first-order valence-corrected chi connectivity index (χ1v) is 9.95. The molecule has 0 bridgehead atoms. The molecule has 0 unspecified atom stereocenters. The molecule has 1 N–H and O–H groups in total. The molecule has 1 fully saturated rings. The first-order chi connectivity index (χ1) is 14.3. The molecule has 1 aliphatic carbocycles. The van der Waals surface area contributed by atoms with Crippen molar-refractivity contribution in [3.63, 3.8) is 0 Å². The van der Waals surface area contributed by atoms with Gasteiger partial charge < -0.3 is 9.84 Å². The summed E-state index contributed by atoms with van der Waals surface area (Å²) in [5.41, 5.74) is 2.60. The number of benzene rings is 2. The molecule has 29 heavy (non-hydrogen) atoms. The van der Waals surface area contributed by atoms with Crippen molar-refractivity contribution in [2.24, 2.45) is 0 Å². The smallest absolute Gasteiger partial charge is 0.329 e. The minimum atomic E-state index is -0.0202. The molecular formula is C22H22N4O3. The molecule has 0 radical (unpaired) electrons. The van der Waals surface area contributed by atoms with Gasteiger partial charge in [-0.1, -0.05) is 24.3 Å². The van der Waals surface area contributed by atoms with Gasteiger partial charge in [-0.05, 0) is 37.1 Å². The Morgan fingerprint density at radius 3 is 2.59 bits per heavy atom. The van der Waals surface area contributed by atoms with E-state index in [1.54, 1.807) is 4.57 Å². The minimum Gasteiger partial charge on any atom is -0.477 e. The lowest BCUT2D eigenvalue weighted by atomic mass is 10.2. The topological polar surface area (TPSA) is 82.2 Å². The maximum atomic E-state index is 13.1. The molecule has 1 aliphatic rings. The van der Waals surface area contributed by atoms with Gasteiger partial charge in [0.15, 0.2) is 5.82 Å². The number of aliphatic hydroxyl groups excluding tert-OH is 1. The Morgan fingerprint density at radius 1 is 1.03 bits per heavy atom. The number of aliphatic hydroxyl groups is 1. The van der Waals surface area contributed by atoms with E-state index >= 15 is 0 Å². The van der Waals surface area contributed by atoms with Gasteiger partial charge in [-0.3, -0.25) is 9.13 Å². The second kappa shape index (κ2) is 7.33. The average molecular weight is 390 g/mol. The maximum absolute atomic E-state index is 13.1. The van der Waals surface area contributed by atoms with Crippen LogP contribution >= 0.6 is 0 Å². The van der Waals surface area contributed by atoms with Crippen LogP contribution < -0.4 is 10.4 Å². The Kier molecular flexibility index (Phi) is 4.52. The minimum absolute atomic E-state index is 0.0202. The van der Waals surface area contributed by atoms with Crippen molar-refractivity contribution in [1.82, 2.24) is 19.1 Å². The highest BCUT2D eigenvalue weighted by atomic mass is 16.5. The van der Waals surface area contributed by atoms with Gasteiger partial charge in [0.25, 0.3) is 0 Å². The monoisotopic (exact) mass is 390 g/mol. The highest BCUT2D eigenvalue weighted by Crippen LogP contribution is 2.36. The van der Waals surface area contributed by atoms with E-state index in [4.69, 9.17) is 9.84 Å². The highest BCUT2D eigenvalue weighted by molar-refractivity contribution is 5.83. The molecule has 2 heterocycles. The third-order valence-electron chi connectivity index (χ3n) is 5.24. The lowest BCUT2D eigenvalue weighted by Gasteiger charge is -2.10. The van der Waals surface area contributed by atoms with Gasteiger partial charge in [-0.15, -0.1) is 0 Å². The van der Waals surface area contributed by atoms with Crippen LogP contribution in [-0.2, 0) is 6.54 Å². The molecule has 148 valence electrons. The van der Waals surface area contributed by atoms with Crippen molar-refractivity contribution < 1.29 is 9.84 Å². The maximum Gasteiger partial charge on any atom is 0.329 e. The number of hydrogen-bond acceptors (Lipinski definition) is 5. The number of fused-ring (bicyclic) bond motifs is 2. The van der Waals surface area contributed by atoms with Crippen LogP contribution in [0.2, 0.25) is 0 Å². The number of ether oxygens (including phenoxy) is 1. The molecule has 7 nitrogen and oxygen atoms in total. The van der Waals surface area contributed by atoms with Crippen LogP contribution in [0.5, 0.6) is 5.88 Å². The quantitative estimate of drug-likeness (QED) is 0.491. The van der Waals surface area contributed by atoms with Crippen LogP contribution in [-0.4, -0.2) is 37.4 Å². The van der Waals surface area contributed by atoms with Gasteiger partial charge in [-0.25, -0.2) is 9.78 Å². The summed E-state index contributed by atoms with van der Waals surface area (Å²) < 4.78 is 9.45. The molecule has 0 saturated heterocycles. The van der Waals surface area contributed by atoms with Crippen LogP contribution in [0.4, 0.5) is 0 Å². The molecule has 0 spiro atoms. The van der Waals surface area contributed by atoms with E-state index in [1.165, 1.54) is 0 Å². The Hall–Kier alpha value is -3.19. The molecule has 2 aromatic carbocycles. The van der Waals surface area contributed by atoms with Crippen molar-refractivity contribution >= 4 is 21.9 Å². The fourth-order valence-corrected chi connectivity index (χ4v) is 3.72. The molecule has 1 saturated carbocycles. The van der Waals surface area contributed by atoms with E-state index in [-0.39, 0.29) is 18.8 Å². The number of rotatable bonds is 7. The van der Waals surface area contributed by atoms with Crippen LogP contribution in [0, 0.1) is 0 Å². The number of aromatic nitrogens is 4. The predicted molar refractivity (Wildman–Crippen MR) is 110 cm³/mol. The Bertz CT molecular complexity index is 1240. The van der Waals surface area contributed by atoms with Gasteiger partial charge in [0, 0.05) is 19.1 Å². The third-order valence-corrected chi connectivity index (χ3v) is 5.24. The van der Waals surface area contributed by atoms with E-state index in [2.05, 4.69) is 9.97 Å². The van der Waals surface area contributed by atoms with Crippen LogP contribution in [0.25, 0.3) is 21.9 Å². The van der Waals surface area contributed by atoms with E-state index in [1.807, 2.05) is 53.1 Å². The van der Waals surface area contributed by atoms with Crippen LogP contribution in [0.3, 0.4) is 0 Å². The van der Waals surface area contributed by atoms with E-state index in [0.29, 0.717) is 30.8 Å².